The number of hydrogen-bond donors (Lipinski definition) is 0. The van der Waals surface area contributed by atoms with Crippen molar-refractivity contribution in [2.24, 2.45) is 11.3 Å². The number of allylic oxidation sites excluding steroid dienone is 1. The Kier molecular flexibility index (Phi) is 1.77. The lowest BCUT2D eigenvalue weighted by Gasteiger charge is -2.49. The van der Waals surface area contributed by atoms with Crippen LogP contribution >= 0.6 is 0 Å². The van der Waals surface area contributed by atoms with Crippen LogP contribution in [0.15, 0.2) is 12.2 Å². The minimum absolute atomic E-state index is 0.0810. The van der Waals surface area contributed by atoms with Crippen LogP contribution in [0.4, 0.5) is 0 Å². The molecule has 2 bridgehead atoms. The first-order valence-corrected chi connectivity index (χ1v) is 6.35. The molecule has 1 saturated heterocycles. The monoisotopic (exact) mass is 206 g/mol. The van der Waals surface area contributed by atoms with Crippen LogP contribution in [0.25, 0.3) is 0 Å². The van der Waals surface area contributed by atoms with E-state index < -0.39 is 0 Å². The fourth-order valence-corrected chi connectivity index (χ4v) is 4.05. The lowest BCUT2D eigenvalue weighted by Crippen LogP contribution is -2.48. The largest absolute Gasteiger partial charge is 0.364 e. The standard InChI is InChI=1S/C14H22O/c1-12(2)11-6-9-13(3)7-4-5-8-14(13,10-11)15-12/h5,8,11H,4,6-7,9-10H2,1-3H3/t11-,13+,14-/m1/s1. The molecule has 0 unspecified atom stereocenters. The lowest BCUT2D eigenvalue weighted by molar-refractivity contribution is -0.123. The first-order chi connectivity index (χ1) is 6.98. The van der Waals surface area contributed by atoms with Gasteiger partial charge in [-0.15, -0.1) is 0 Å². The van der Waals surface area contributed by atoms with Gasteiger partial charge in [0.05, 0.1) is 11.2 Å². The second kappa shape index (κ2) is 2.68. The van der Waals surface area contributed by atoms with Crippen LogP contribution in [0.5, 0.6) is 0 Å². The van der Waals surface area contributed by atoms with Crippen LogP contribution in [0.1, 0.15) is 52.9 Å². The number of rotatable bonds is 0. The van der Waals surface area contributed by atoms with Gasteiger partial charge in [0, 0.05) is 5.41 Å². The van der Waals surface area contributed by atoms with Crippen molar-refractivity contribution < 1.29 is 4.74 Å². The smallest absolute Gasteiger partial charge is 0.0926 e. The molecule has 1 saturated carbocycles. The molecule has 0 aromatic carbocycles. The maximum Gasteiger partial charge on any atom is 0.0926 e. The van der Waals surface area contributed by atoms with E-state index in [2.05, 4.69) is 32.9 Å². The van der Waals surface area contributed by atoms with E-state index in [1.807, 2.05) is 0 Å². The Balaban J connectivity index is 2.06. The van der Waals surface area contributed by atoms with Crippen LogP contribution in [0.2, 0.25) is 0 Å². The van der Waals surface area contributed by atoms with E-state index in [4.69, 9.17) is 4.74 Å². The molecule has 0 aromatic rings. The average Bonchev–Trinajstić information content (AvgIpc) is 2.38. The van der Waals surface area contributed by atoms with E-state index in [1.165, 1.54) is 32.1 Å². The summed E-state index contributed by atoms with van der Waals surface area (Å²) in [7, 11) is 0. The minimum Gasteiger partial charge on any atom is -0.364 e. The third-order valence-electron chi connectivity index (χ3n) is 5.29. The molecule has 0 aromatic heterocycles. The fourth-order valence-electron chi connectivity index (χ4n) is 4.05. The molecule has 1 heteroatoms. The second-order valence-electron chi connectivity index (χ2n) is 6.54. The highest BCUT2D eigenvalue weighted by Crippen LogP contribution is 2.62. The van der Waals surface area contributed by atoms with E-state index in [1.54, 1.807) is 0 Å². The third kappa shape index (κ3) is 1.13. The van der Waals surface area contributed by atoms with Crippen LogP contribution in [-0.4, -0.2) is 11.2 Å². The number of hydrogen-bond acceptors (Lipinski definition) is 1. The molecular formula is C14H22O. The first-order valence-electron chi connectivity index (χ1n) is 6.35. The summed E-state index contributed by atoms with van der Waals surface area (Å²) < 4.78 is 6.48. The van der Waals surface area contributed by atoms with Gasteiger partial charge in [0.1, 0.15) is 0 Å². The number of ether oxygens (including phenoxy) is 1. The van der Waals surface area contributed by atoms with Crippen molar-refractivity contribution >= 4 is 0 Å². The predicted octanol–water partition coefficient (Wildman–Crippen LogP) is 3.69. The maximum absolute atomic E-state index is 6.48. The van der Waals surface area contributed by atoms with Gasteiger partial charge in [0.25, 0.3) is 0 Å². The molecule has 1 nitrogen and oxygen atoms in total. The van der Waals surface area contributed by atoms with Gasteiger partial charge in [-0.25, -0.2) is 0 Å². The summed E-state index contributed by atoms with van der Waals surface area (Å²) in [5.74, 6) is 0.772. The third-order valence-corrected chi connectivity index (χ3v) is 5.29. The van der Waals surface area contributed by atoms with Crippen molar-refractivity contribution in [3.05, 3.63) is 12.2 Å². The van der Waals surface area contributed by atoms with E-state index >= 15 is 0 Å². The Morgan fingerprint density at radius 1 is 1.20 bits per heavy atom. The topological polar surface area (TPSA) is 9.23 Å². The van der Waals surface area contributed by atoms with Crippen LogP contribution in [0.3, 0.4) is 0 Å². The van der Waals surface area contributed by atoms with E-state index in [0.717, 1.165) is 5.92 Å². The van der Waals surface area contributed by atoms with Gasteiger partial charge in [-0.2, -0.15) is 0 Å². The summed E-state index contributed by atoms with van der Waals surface area (Å²) >= 11 is 0. The summed E-state index contributed by atoms with van der Waals surface area (Å²) in [6.45, 7) is 7.00. The summed E-state index contributed by atoms with van der Waals surface area (Å²) in [5, 5.41) is 0. The van der Waals surface area contributed by atoms with E-state index in [-0.39, 0.29) is 11.2 Å². The second-order valence-corrected chi connectivity index (χ2v) is 6.54. The van der Waals surface area contributed by atoms with Crippen molar-refractivity contribution in [2.75, 3.05) is 0 Å². The summed E-state index contributed by atoms with van der Waals surface area (Å²) in [4.78, 5) is 0. The van der Waals surface area contributed by atoms with Crippen molar-refractivity contribution in [1.29, 1.82) is 0 Å². The average molecular weight is 206 g/mol. The zero-order valence-corrected chi connectivity index (χ0v) is 10.2. The molecule has 3 rings (SSSR count). The van der Waals surface area contributed by atoms with Crippen LogP contribution in [-0.2, 0) is 4.74 Å². The quantitative estimate of drug-likeness (QED) is 0.549. The highest BCUT2D eigenvalue weighted by Gasteiger charge is 2.61. The molecule has 2 aliphatic carbocycles. The first kappa shape index (κ1) is 9.89. The van der Waals surface area contributed by atoms with E-state index in [0.29, 0.717) is 5.41 Å². The highest BCUT2D eigenvalue weighted by molar-refractivity contribution is 5.22. The molecule has 0 N–H and O–H groups in total. The number of fused-ring (bicyclic) bond motifs is 1. The summed E-state index contributed by atoms with van der Waals surface area (Å²) in [5.41, 5.74) is 0.586. The van der Waals surface area contributed by atoms with Crippen molar-refractivity contribution in [3.63, 3.8) is 0 Å². The molecule has 1 spiro atoms. The Morgan fingerprint density at radius 2 is 2.00 bits per heavy atom. The molecule has 1 aliphatic heterocycles. The maximum atomic E-state index is 6.48. The predicted molar refractivity (Wildman–Crippen MR) is 61.7 cm³/mol. The molecule has 3 atom stereocenters. The molecule has 0 amide bonds. The zero-order valence-electron chi connectivity index (χ0n) is 10.2. The lowest BCUT2D eigenvalue weighted by atomic mass is 9.58. The van der Waals surface area contributed by atoms with Gasteiger partial charge in [-0.05, 0) is 51.9 Å². The molecule has 1 heterocycles. The molecule has 3 aliphatic rings. The Morgan fingerprint density at radius 3 is 2.80 bits per heavy atom. The van der Waals surface area contributed by atoms with Gasteiger partial charge in [0.15, 0.2) is 0 Å². The SMILES string of the molecule is CC1(C)O[C@@]23C=CCC[C@@]2(C)CC[C@@H]1C3. The van der Waals surface area contributed by atoms with Gasteiger partial charge in [-0.1, -0.05) is 19.1 Å². The van der Waals surface area contributed by atoms with Gasteiger partial charge in [0.2, 0.25) is 0 Å². The molecule has 2 fully saturated rings. The zero-order chi connectivity index (χ0) is 10.7. The molecule has 84 valence electrons. The van der Waals surface area contributed by atoms with Gasteiger partial charge < -0.3 is 4.74 Å². The highest BCUT2D eigenvalue weighted by atomic mass is 16.5. The fraction of sp³-hybridized carbons (Fsp3) is 0.857. The van der Waals surface area contributed by atoms with Crippen LogP contribution in [0, 0.1) is 11.3 Å². The minimum atomic E-state index is 0.0810. The van der Waals surface area contributed by atoms with Crippen LogP contribution < -0.4 is 0 Å². The Bertz CT molecular complexity index is 317. The summed E-state index contributed by atoms with van der Waals surface area (Å²) in [6.07, 6.45) is 11.2. The van der Waals surface area contributed by atoms with E-state index in [9.17, 15) is 0 Å². The van der Waals surface area contributed by atoms with Crippen molar-refractivity contribution in [2.45, 2.75) is 64.1 Å². The normalized spacial score (nSPS) is 51.5. The Labute approximate surface area is 92.9 Å². The van der Waals surface area contributed by atoms with Gasteiger partial charge in [-0.3, -0.25) is 0 Å². The molecule has 0 radical (unpaired) electrons. The Hall–Kier alpha value is -0.300. The van der Waals surface area contributed by atoms with Crippen molar-refractivity contribution in [1.82, 2.24) is 0 Å². The van der Waals surface area contributed by atoms with Crippen molar-refractivity contribution in [3.8, 4) is 0 Å². The molecular weight excluding hydrogens is 184 g/mol. The molecule has 15 heavy (non-hydrogen) atoms. The summed E-state index contributed by atoms with van der Waals surface area (Å²) in [6, 6.07) is 0. The van der Waals surface area contributed by atoms with Gasteiger partial charge >= 0.3 is 0 Å².